The zero-order valence-electron chi connectivity index (χ0n) is 9.64. The first kappa shape index (κ1) is 12.1. The van der Waals surface area contributed by atoms with Crippen LogP contribution in [0.1, 0.15) is 12.5 Å². The molecule has 0 unspecified atom stereocenters. The Morgan fingerprint density at radius 2 is 2.06 bits per heavy atom. The van der Waals surface area contributed by atoms with E-state index in [0.29, 0.717) is 11.5 Å². The molecule has 5 heteroatoms. The zero-order valence-corrected chi connectivity index (χ0v) is 10.5. The van der Waals surface area contributed by atoms with Gasteiger partial charge in [-0.1, -0.05) is 30.3 Å². The molecule has 0 radical (unpaired) electrons. The molecule has 0 aliphatic carbocycles. The average Bonchev–Trinajstić information content (AvgIpc) is 2.26. The van der Waals surface area contributed by atoms with E-state index in [0.717, 1.165) is 5.56 Å². The maximum absolute atomic E-state index is 11.5. The van der Waals surface area contributed by atoms with Gasteiger partial charge < -0.3 is 10.1 Å². The molecule has 1 aromatic rings. The van der Waals surface area contributed by atoms with Gasteiger partial charge in [0.25, 0.3) is 0 Å². The highest BCUT2D eigenvalue weighted by atomic mass is 32.2. The van der Waals surface area contributed by atoms with Gasteiger partial charge in [-0.15, -0.1) is 0 Å². The van der Waals surface area contributed by atoms with Crippen molar-refractivity contribution in [3.05, 3.63) is 35.9 Å². The fourth-order valence-corrected chi connectivity index (χ4v) is 3.23. The van der Waals surface area contributed by atoms with Gasteiger partial charge in [0.15, 0.2) is 0 Å². The highest BCUT2D eigenvalue weighted by molar-refractivity contribution is 7.86. The average molecular weight is 253 g/mol. The summed E-state index contributed by atoms with van der Waals surface area (Å²) < 4.78 is 16.1. The topological polar surface area (TPSA) is 55.4 Å². The number of ether oxygens (including phenoxy) is 1. The summed E-state index contributed by atoms with van der Waals surface area (Å²) in [4.78, 5) is 11.5. The van der Waals surface area contributed by atoms with Gasteiger partial charge in [0.1, 0.15) is 6.61 Å². The molecule has 1 aliphatic heterocycles. The first-order valence-corrected chi connectivity index (χ1v) is 6.90. The van der Waals surface area contributed by atoms with E-state index in [1.54, 1.807) is 0 Å². The van der Waals surface area contributed by atoms with E-state index in [1.807, 2.05) is 37.3 Å². The van der Waals surface area contributed by atoms with Crippen LogP contribution in [0.4, 0.5) is 4.79 Å². The standard InChI is InChI=1S/C12H15NO3S/c1-12(8-17(15)9-12)13-11(14)16-7-10-5-3-2-4-6-10/h2-6H,7-9H2,1H3,(H,13,14). The predicted molar refractivity (Wildman–Crippen MR) is 66.0 cm³/mol. The lowest BCUT2D eigenvalue weighted by molar-refractivity contribution is 0.131. The van der Waals surface area contributed by atoms with Crippen molar-refractivity contribution >= 4 is 16.9 Å². The van der Waals surface area contributed by atoms with E-state index < -0.39 is 16.9 Å². The van der Waals surface area contributed by atoms with Gasteiger partial charge in [-0.05, 0) is 12.5 Å². The highest BCUT2D eigenvalue weighted by Gasteiger charge is 2.40. The molecule has 0 spiro atoms. The van der Waals surface area contributed by atoms with Crippen molar-refractivity contribution in [1.82, 2.24) is 5.32 Å². The van der Waals surface area contributed by atoms with Crippen LogP contribution in [0.5, 0.6) is 0 Å². The van der Waals surface area contributed by atoms with Gasteiger partial charge >= 0.3 is 6.09 Å². The maximum Gasteiger partial charge on any atom is 0.407 e. The van der Waals surface area contributed by atoms with Crippen LogP contribution >= 0.6 is 0 Å². The van der Waals surface area contributed by atoms with Gasteiger partial charge in [-0.2, -0.15) is 0 Å². The van der Waals surface area contributed by atoms with Gasteiger partial charge in [0, 0.05) is 22.3 Å². The normalized spacial score (nSPS) is 27.0. The number of hydrogen-bond donors (Lipinski definition) is 1. The summed E-state index contributed by atoms with van der Waals surface area (Å²) in [7, 11) is -0.788. The lowest BCUT2D eigenvalue weighted by Crippen LogP contribution is -2.61. The van der Waals surface area contributed by atoms with Crippen molar-refractivity contribution in [3.63, 3.8) is 0 Å². The first-order chi connectivity index (χ1) is 8.07. The summed E-state index contributed by atoms with van der Waals surface area (Å²) in [5.74, 6) is 1.01. The van der Waals surface area contributed by atoms with Crippen molar-refractivity contribution < 1.29 is 13.7 Å². The van der Waals surface area contributed by atoms with Crippen LogP contribution in [-0.2, 0) is 22.1 Å². The third-order valence-corrected chi connectivity index (χ3v) is 4.49. The number of nitrogens with one attached hydrogen (secondary N) is 1. The number of rotatable bonds is 3. The van der Waals surface area contributed by atoms with Crippen molar-refractivity contribution in [2.75, 3.05) is 11.5 Å². The molecular formula is C12H15NO3S. The minimum atomic E-state index is -0.788. The lowest BCUT2D eigenvalue weighted by Gasteiger charge is -2.37. The molecular weight excluding hydrogens is 238 g/mol. The number of hydrogen-bond acceptors (Lipinski definition) is 3. The highest BCUT2D eigenvalue weighted by Crippen LogP contribution is 2.19. The van der Waals surface area contributed by atoms with E-state index in [9.17, 15) is 9.00 Å². The van der Waals surface area contributed by atoms with Crippen LogP contribution in [-0.4, -0.2) is 27.3 Å². The summed E-state index contributed by atoms with van der Waals surface area (Å²) in [6, 6.07) is 9.50. The SMILES string of the molecule is CC1(NC(=O)OCc2ccccc2)CS(=O)C1. The molecule has 0 atom stereocenters. The second-order valence-electron chi connectivity index (χ2n) is 4.48. The largest absolute Gasteiger partial charge is 0.445 e. The Morgan fingerprint density at radius 3 is 2.65 bits per heavy atom. The molecule has 0 aromatic heterocycles. The van der Waals surface area contributed by atoms with Crippen LogP contribution in [0.15, 0.2) is 30.3 Å². The minimum absolute atomic E-state index is 0.256. The Bertz CT molecular complexity index is 425. The molecule has 92 valence electrons. The number of benzene rings is 1. The molecule has 1 saturated heterocycles. The van der Waals surface area contributed by atoms with Crippen LogP contribution in [0.2, 0.25) is 0 Å². The Morgan fingerprint density at radius 1 is 1.41 bits per heavy atom. The first-order valence-electron chi connectivity index (χ1n) is 5.41. The van der Waals surface area contributed by atoms with Crippen molar-refractivity contribution in [1.29, 1.82) is 0 Å². The molecule has 17 heavy (non-hydrogen) atoms. The summed E-state index contributed by atoms with van der Waals surface area (Å²) in [5.41, 5.74) is 0.587. The van der Waals surface area contributed by atoms with Crippen molar-refractivity contribution in [2.24, 2.45) is 0 Å². The smallest absolute Gasteiger partial charge is 0.407 e. The molecule has 0 saturated carbocycles. The summed E-state index contributed by atoms with van der Waals surface area (Å²) in [6.45, 7) is 2.13. The second kappa shape index (κ2) is 4.87. The fourth-order valence-electron chi connectivity index (χ4n) is 1.75. The van der Waals surface area contributed by atoms with E-state index in [-0.39, 0.29) is 12.1 Å². The molecule has 2 rings (SSSR count). The molecule has 1 amide bonds. The van der Waals surface area contributed by atoms with Crippen LogP contribution in [0.25, 0.3) is 0 Å². The van der Waals surface area contributed by atoms with Gasteiger partial charge in [0.2, 0.25) is 0 Å². The molecule has 1 aliphatic rings. The van der Waals surface area contributed by atoms with Crippen LogP contribution in [0, 0.1) is 0 Å². The van der Waals surface area contributed by atoms with Gasteiger partial charge in [-0.25, -0.2) is 4.79 Å². The number of carbonyl (C=O) groups is 1. The van der Waals surface area contributed by atoms with Crippen LogP contribution in [0.3, 0.4) is 0 Å². The Labute approximate surface area is 103 Å². The second-order valence-corrected chi connectivity index (χ2v) is 5.93. The quantitative estimate of drug-likeness (QED) is 0.886. The van der Waals surface area contributed by atoms with E-state index in [1.165, 1.54) is 0 Å². The zero-order chi connectivity index (χ0) is 12.3. The molecule has 4 nitrogen and oxygen atoms in total. The number of amides is 1. The van der Waals surface area contributed by atoms with Crippen molar-refractivity contribution in [2.45, 2.75) is 19.1 Å². The fraction of sp³-hybridized carbons (Fsp3) is 0.417. The molecule has 0 bridgehead atoms. The monoisotopic (exact) mass is 253 g/mol. The number of carbonyl (C=O) groups excluding carboxylic acids is 1. The van der Waals surface area contributed by atoms with Gasteiger partial charge in [-0.3, -0.25) is 4.21 Å². The van der Waals surface area contributed by atoms with E-state index in [2.05, 4.69) is 5.32 Å². The van der Waals surface area contributed by atoms with Crippen molar-refractivity contribution in [3.8, 4) is 0 Å². The van der Waals surface area contributed by atoms with E-state index >= 15 is 0 Å². The Kier molecular flexibility index (Phi) is 3.47. The third kappa shape index (κ3) is 3.30. The molecule has 1 heterocycles. The summed E-state index contributed by atoms with van der Waals surface area (Å²) in [5, 5.41) is 2.74. The maximum atomic E-state index is 11.5. The Hall–Kier alpha value is -1.36. The summed E-state index contributed by atoms with van der Waals surface area (Å²) >= 11 is 0. The van der Waals surface area contributed by atoms with E-state index in [4.69, 9.17) is 4.74 Å². The molecule has 1 fully saturated rings. The predicted octanol–water partition coefficient (Wildman–Crippen LogP) is 1.43. The number of alkyl carbamates (subject to hydrolysis) is 1. The lowest BCUT2D eigenvalue weighted by atomic mass is 10.1. The molecule has 1 N–H and O–H groups in total. The summed E-state index contributed by atoms with van der Waals surface area (Å²) in [6.07, 6.45) is -0.451. The third-order valence-electron chi connectivity index (χ3n) is 2.58. The Balaban J connectivity index is 1.77. The molecule has 1 aromatic carbocycles. The minimum Gasteiger partial charge on any atom is -0.445 e. The van der Waals surface area contributed by atoms with Crippen LogP contribution < -0.4 is 5.32 Å². The van der Waals surface area contributed by atoms with Gasteiger partial charge in [0.05, 0.1) is 5.54 Å².